The van der Waals surface area contributed by atoms with Gasteiger partial charge in [0, 0.05) is 17.6 Å². The Labute approximate surface area is 84.6 Å². The lowest BCUT2D eigenvalue weighted by Crippen LogP contribution is -1.98. The van der Waals surface area contributed by atoms with E-state index in [4.69, 9.17) is 5.11 Å². The van der Waals surface area contributed by atoms with Crippen molar-refractivity contribution in [2.75, 3.05) is 0 Å². The van der Waals surface area contributed by atoms with E-state index in [9.17, 15) is 15.0 Å². The number of fused-ring (bicyclic) bond motifs is 1. The van der Waals surface area contributed by atoms with Crippen LogP contribution in [-0.2, 0) is 11.2 Å². The van der Waals surface area contributed by atoms with Gasteiger partial charge in [-0.15, -0.1) is 0 Å². The molecule has 0 amide bonds. The van der Waals surface area contributed by atoms with Gasteiger partial charge in [-0.05, 0) is 11.6 Å². The van der Waals surface area contributed by atoms with E-state index < -0.39 is 5.97 Å². The zero-order chi connectivity index (χ0) is 11.0. The predicted octanol–water partition coefficient (Wildman–Crippen LogP) is 1.21. The van der Waals surface area contributed by atoms with Crippen molar-refractivity contribution in [2.45, 2.75) is 6.42 Å². The molecule has 0 bridgehead atoms. The summed E-state index contributed by atoms with van der Waals surface area (Å²) in [5.41, 5.74) is 0.966. The molecule has 0 spiro atoms. The minimum Gasteiger partial charge on any atom is -0.508 e. The van der Waals surface area contributed by atoms with Gasteiger partial charge < -0.3 is 20.3 Å². The number of aliphatic carboxylic acids is 1. The topological polar surface area (TPSA) is 93.5 Å². The molecule has 1 aromatic heterocycles. The van der Waals surface area contributed by atoms with Gasteiger partial charge in [-0.25, -0.2) is 0 Å². The molecule has 5 heteroatoms. The van der Waals surface area contributed by atoms with Crippen LogP contribution in [0.4, 0.5) is 0 Å². The van der Waals surface area contributed by atoms with E-state index in [1.54, 1.807) is 0 Å². The van der Waals surface area contributed by atoms with Crippen LogP contribution in [0.2, 0.25) is 0 Å². The normalized spacial score (nSPS) is 10.7. The average Bonchev–Trinajstić information content (AvgIpc) is 2.48. The number of carboxylic acids is 1. The number of hydrogen-bond acceptors (Lipinski definition) is 3. The third kappa shape index (κ3) is 1.59. The summed E-state index contributed by atoms with van der Waals surface area (Å²) in [7, 11) is 0. The molecule has 2 rings (SSSR count). The zero-order valence-electron chi connectivity index (χ0n) is 7.69. The van der Waals surface area contributed by atoms with Crippen molar-refractivity contribution < 1.29 is 20.1 Å². The minimum atomic E-state index is -0.960. The van der Waals surface area contributed by atoms with Gasteiger partial charge in [-0.2, -0.15) is 0 Å². The largest absolute Gasteiger partial charge is 0.508 e. The highest BCUT2D eigenvalue weighted by Crippen LogP contribution is 2.31. The molecule has 0 atom stereocenters. The number of aromatic hydroxyl groups is 2. The summed E-state index contributed by atoms with van der Waals surface area (Å²) in [5, 5.41) is 27.9. The summed E-state index contributed by atoms with van der Waals surface area (Å²) >= 11 is 0. The minimum absolute atomic E-state index is 0.0914. The van der Waals surface area contributed by atoms with E-state index in [0.717, 1.165) is 0 Å². The average molecular weight is 207 g/mol. The Bertz CT molecular complexity index is 529. The summed E-state index contributed by atoms with van der Waals surface area (Å²) in [6.45, 7) is 0. The molecule has 15 heavy (non-hydrogen) atoms. The highest BCUT2D eigenvalue weighted by molar-refractivity contribution is 5.91. The number of aromatic amines is 1. The Morgan fingerprint density at radius 2 is 2.07 bits per heavy atom. The smallest absolute Gasteiger partial charge is 0.307 e. The Morgan fingerprint density at radius 3 is 2.73 bits per heavy atom. The van der Waals surface area contributed by atoms with Crippen molar-refractivity contribution in [1.82, 2.24) is 4.98 Å². The van der Waals surface area contributed by atoms with Gasteiger partial charge in [0.2, 0.25) is 0 Å². The highest BCUT2D eigenvalue weighted by atomic mass is 16.4. The summed E-state index contributed by atoms with van der Waals surface area (Å²) in [6.07, 6.45) is 1.36. The lowest BCUT2D eigenvalue weighted by atomic mass is 10.1. The Kier molecular flexibility index (Phi) is 2.00. The molecular formula is C10H9NO4. The molecule has 0 fully saturated rings. The molecule has 78 valence electrons. The van der Waals surface area contributed by atoms with Gasteiger partial charge >= 0.3 is 5.97 Å². The zero-order valence-corrected chi connectivity index (χ0v) is 7.69. The fourth-order valence-electron chi connectivity index (χ4n) is 1.56. The van der Waals surface area contributed by atoms with Crippen LogP contribution in [0.1, 0.15) is 5.56 Å². The van der Waals surface area contributed by atoms with Crippen LogP contribution in [0.25, 0.3) is 10.9 Å². The molecule has 0 saturated carbocycles. The molecule has 0 saturated heterocycles. The molecule has 0 aliphatic rings. The Morgan fingerprint density at radius 1 is 1.33 bits per heavy atom. The van der Waals surface area contributed by atoms with E-state index in [0.29, 0.717) is 16.5 Å². The monoisotopic (exact) mass is 207 g/mol. The lowest BCUT2D eigenvalue weighted by molar-refractivity contribution is -0.136. The second kappa shape index (κ2) is 3.20. The van der Waals surface area contributed by atoms with Crippen LogP contribution in [0.15, 0.2) is 18.3 Å². The van der Waals surface area contributed by atoms with Crippen molar-refractivity contribution >= 4 is 16.9 Å². The number of carbonyl (C=O) groups is 1. The number of phenolic OH excluding ortho intramolecular Hbond substituents is 2. The third-order valence-electron chi connectivity index (χ3n) is 2.18. The van der Waals surface area contributed by atoms with Crippen LogP contribution in [-0.4, -0.2) is 26.3 Å². The van der Waals surface area contributed by atoms with Crippen molar-refractivity contribution in [3.05, 3.63) is 23.9 Å². The van der Waals surface area contributed by atoms with E-state index in [1.165, 1.54) is 18.3 Å². The van der Waals surface area contributed by atoms with Crippen LogP contribution in [0.5, 0.6) is 11.5 Å². The summed E-state index contributed by atoms with van der Waals surface area (Å²) in [6, 6.07) is 2.62. The maximum Gasteiger partial charge on any atom is 0.307 e. The van der Waals surface area contributed by atoms with E-state index in [1.807, 2.05) is 0 Å². The first-order valence-corrected chi connectivity index (χ1v) is 4.31. The van der Waals surface area contributed by atoms with Crippen LogP contribution in [0, 0.1) is 0 Å². The SMILES string of the molecule is O=C(O)Cc1c[nH]c2c(O)cc(O)cc12. The van der Waals surface area contributed by atoms with E-state index >= 15 is 0 Å². The molecular weight excluding hydrogens is 198 g/mol. The van der Waals surface area contributed by atoms with Gasteiger partial charge in [0.1, 0.15) is 11.5 Å². The van der Waals surface area contributed by atoms with Crippen molar-refractivity contribution in [3.8, 4) is 11.5 Å². The number of nitrogens with one attached hydrogen (secondary N) is 1. The summed E-state index contributed by atoms with van der Waals surface area (Å²) < 4.78 is 0. The molecule has 0 aliphatic carbocycles. The molecule has 1 heterocycles. The molecule has 1 aromatic carbocycles. The molecule has 0 unspecified atom stereocenters. The maximum absolute atomic E-state index is 10.5. The fourth-order valence-corrected chi connectivity index (χ4v) is 1.56. The van der Waals surface area contributed by atoms with E-state index in [-0.39, 0.29) is 17.9 Å². The second-order valence-electron chi connectivity index (χ2n) is 3.27. The van der Waals surface area contributed by atoms with E-state index in [2.05, 4.69) is 4.98 Å². The van der Waals surface area contributed by atoms with Crippen molar-refractivity contribution in [2.24, 2.45) is 0 Å². The molecule has 2 aromatic rings. The van der Waals surface area contributed by atoms with Gasteiger partial charge in [0.15, 0.2) is 0 Å². The standard InChI is InChI=1S/C10H9NO4/c12-6-2-7-5(1-9(14)15)4-11-10(7)8(13)3-6/h2-4,11-13H,1H2,(H,14,15). The molecule has 4 N–H and O–H groups in total. The summed E-state index contributed by atoms with van der Waals surface area (Å²) in [4.78, 5) is 13.3. The Hall–Kier alpha value is -2.17. The van der Waals surface area contributed by atoms with Crippen molar-refractivity contribution in [3.63, 3.8) is 0 Å². The van der Waals surface area contributed by atoms with Gasteiger partial charge in [0.25, 0.3) is 0 Å². The number of hydrogen-bond donors (Lipinski definition) is 4. The third-order valence-corrected chi connectivity index (χ3v) is 2.18. The number of rotatable bonds is 2. The van der Waals surface area contributed by atoms with Crippen LogP contribution >= 0.6 is 0 Å². The number of phenols is 2. The predicted molar refractivity (Wildman–Crippen MR) is 53.0 cm³/mol. The number of H-pyrrole nitrogens is 1. The fraction of sp³-hybridized carbons (Fsp3) is 0.100. The molecule has 0 aliphatic heterocycles. The molecule has 0 radical (unpaired) electrons. The molecule has 5 nitrogen and oxygen atoms in total. The van der Waals surface area contributed by atoms with Crippen LogP contribution < -0.4 is 0 Å². The number of carboxylic acid groups (broad SMARTS) is 1. The Balaban J connectivity index is 2.63. The first-order valence-electron chi connectivity index (χ1n) is 4.31. The maximum atomic E-state index is 10.5. The van der Waals surface area contributed by atoms with Gasteiger partial charge in [-0.3, -0.25) is 4.79 Å². The highest BCUT2D eigenvalue weighted by Gasteiger charge is 2.11. The first kappa shape index (κ1) is 9.39. The quantitative estimate of drug-likeness (QED) is 0.595. The van der Waals surface area contributed by atoms with Crippen LogP contribution in [0.3, 0.4) is 0 Å². The lowest BCUT2D eigenvalue weighted by Gasteiger charge is -1.98. The first-order chi connectivity index (χ1) is 7.08. The van der Waals surface area contributed by atoms with Gasteiger partial charge in [0.05, 0.1) is 11.9 Å². The second-order valence-corrected chi connectivity index (χ2v) is 3.27. The number of aromatic nitrogens is 1. The van der Waals surface area contributed by atoms with Gasteiger partial charge in [-0.1, -0.05) is 0 Å². The summed E-state index contributed by atoms with van der Waals surface area (Å²) in [5.74, 6) is -1.15. The number of benzene rings is 1. The van der Waals surface area contributed by atoms with Crippen molar-refractivity contribution in [1.29, 1.82) is 0 Å².